The van der Waals surface area contributed by atoms with Crippen LogP contribution in [0.1, 0.15) is 49.0 Å². The van der Waals surface area contributed by atoms with E-state index in [9.17, 15) is 14.4 Å². The van der Waals surface area contributed by atoms with E-state index in [0.717, 1.165) is 0 Å². The van der Waals surface area contributed by atoms with Crippen molar-refractivity contribution in [3.63, 3.8) is 0 Å². The largest absolute Gasteiger partial charge is 0.462 e. The third-order valence-corrected chi connectivity index (χ3v) is 2.54. The molecule has 0 aromatic heterocycles. The molecule has 0 rings (SSSR count). The number of esters is 2. The zero-order valence-corrected chi connectivity index (χ0v) is 12.5. The number of ether oxygens (including phenoxy) is 2. The summed E-state index contributed by atoms with van der Waals surface area (Å²) in [6.45, 7) is 9.51. The van der Waals surface area contributed by atoms with Gasteiger partial charge in [0.1, 0.15) is 5.78 Å². The molecule has 0 aliphatic rings. The fourth-order valence-corrected chi connectivity index (χ4v) is 1.30. The summed E-state index contributed by atoms with van der Waals surface area (Å²) in [5, 5.41) is 9.15. The highest BCUT2D eigenvalue weighted by Gasteiger charge is 2.16. The Kier molecular flexibility index (Phi) is 19.9. The smallest absolute Gasteiger partial charge is 0.333 e. The van der Waals surface area contributed by atoms with Crippen molar-refractivity contribution < 1.29 is 29.0 Å². The molecule has 6 nitrogen and oxygen atoms in total. The monoisotopic (exact) mass is 346 g/mol. The number of Topliss-reactive ketones (excluding diaryl/α,β-unsaturated/α-hetero) is 1. The minimum atomic E-state index is -0.559. The number of carbonyl (C=O) groups excluding carboxylic acids is 3. The summed E-state index contributed by atoms with van der Waals surface area (Å²) >= 11 is 0. The number of hydrogen-bond donors (Lipinski definition) is 1. The van der Waals surface area contributed by atoms with Crippen LogP contribution < -0.4 is 0 Å². The molecule has 0 amide bonds. The quantitative estimate of drug-likeness (QED) is 0.483. The SMILES string of the molecule is C.C.C.C=C(C)C(=O)OCCC(=O)CC(CO)COC(=O)C(=C)C. The minimum Gasteiger partial charge on any atom is -0.462 e. The fraction of sp³-hybridized carbons (Fsp3) is 0.611. The lowest BCUT2D eigenvalue weighted by atomic mass is 10.0. The Morgan fingerprint density at radius 2 is 1.42 bits per heavy atom. The van der Waals surface area contributed by atoms with E-state index in [1.165, 1.54) is 13.8 Å². The molecule has 0 aromatic rings. The molecule has 0 spiro atoms. The second kappa shape index (κ2) is 15.9. The third kappa shape index (κ3) is 13.7. The van der Waals surface area contributed by atoms with Crippen molar-refractivity contribution in [3.8, 4) is 0 Å². The van der Waals surface area contributed by atoms with Crippen molar-refractivity contribution >= 4 is 17.7 Å². The molecule has 0 radical (unpaired) electrons. The molecule has 0 saturated carbocycles. The second-order valence-electron chi connectivity index (χ2n) is 4.84. The Morgan fingerprint density at radius 3 is 1.83 bits per heavy atom. The Bertz CT molecular complexity index is 425. The van der Waals surface area contributed by atoms with E-state index in [0.29, 0.717) is 0 Å². The Balaban J connectivity index is -0.000000667. The predicted molar refractivity (Wildman–Crippen MR) is 96.6 cm³/mol. The van der Waals surface area contributed by atoms with E-state index in [1.807, 2.05) is 0 Å². The second-order valence-corrected chi connectivity index (χ2v) is 4.84. The van der Waals surface area contributed by atoms with Gasteiger partial charge in [0.25, 0.3) is 0 Å². The van der Waals surface area contributed by atoms with E-state index in [-0.39, 0.29) is 71.9 Å². The van der Waals surface area contributed by atoms with Crippen LogP contribution in [0.5, 0.6) is 0 Å². The summed E-state index contributed by atoms with van der Waals surface area (Å²) < 4.78 is 9.68. The van der Waals surface area contributed by atoms with Crippen LogP contribution >= 0.6 is 0 Å². The van der Waals surface area contributed by atoms with E-state index < -0.39 is 17.9 Å². The van der Waals surface area contributed by atoms with E-state index in [4.69, 9.17) is 14.6 Å². The molecule has 0 bridgehead atoms. The van der Waals surface area contributed by atoms with Gasteiger partial charge in [-0.25, -0.2) is 9.59 Å². The van der Waals surface area contributed by atoms with Gasteiger partial charge in [-0.2, -0.15) is 0 Å². The molecular formula is C18H34O6. The highest BCUT2D eigenvalue weighted by Crippen LogP contribution is 2.08. The summed E-state index contributed by atoms with van der Waals surface area (Å²) in [5.74, 6) is -1.76. The van der Waals surface area contributed by atoms with Crippen LogP contribution in [-0.4, -0.2) is 42.6 Å². The summed E-state index contributed by atoms with van der Waals surface area (Å²) in [5.41, 5.74) is 0.520. The van der Waals surface area contributed by atoms with Crippen LogP contribution in [0.15, 0.2) is 24.3 Å². The van der Waals surface area contributed by atoms with Gasteiger partial charge < -0.3 is 14.6 Å². The maximum absolute atomic E-state index is 11.7. The van der Waals surface area contributed by atoms with Crippen molar-refractivity contribution in [2.45, 2.75) is 49.0 Å². The molecule has 0 heterocycles. The van der Waals surface area contributed by atoms with Crippen molar-refractivity contribution in [3.05, 3.63) is 24.3 Å². The summed E-state index contributed by atoms with van der Waals surface area (Å²) in [6, 6.07) is 0. The zero-order valence-electron chi connectivity index (χ0n) is 12.5. The number of aliphatic hydroxyl groups is 1. The molecule has 1 unspecified atom stereocenters. The van der Waals surface area contributed by atoms with Gasteiger partial charge in [0.2, 0.25) is 0 Å². The van der Waals surface area contributed by atoms with Crippen LogP contribution in [0.3, 0.4) is 0 Å². The van der Waals surface area contributed by atoms with Gasteiger partial charge in [0.15, 0.2) is 0 Å². The summed E-state index contributed by atoms with van der Waals surface area (Å²) in [7, 11) is 0. The molecule has 0 aromatic carbocycles. The van der Waals surface area contributed by atoms with Crippen molar-refractivity contribution in [2.24, 2.45) is 5.92 Å². The van der Waals surface area contributed by atoms with Gasteiger partial charge >= 0.3 is 11.9 Å². The van der Waals surface area contributed by atoms with Crippen molar-refractivity contribution in [1.29, 1.82) is 0 Å². The average Bonchev–Trinajstić information content (AvgIpc) is 2.42. The van der Waals surface area contributed by atoms with Crippen molar-refractivity contribution in [1.82, 2.24) is 0 Å². The maximum Gasteiger partial charge on any atom is 0.333 e. The normalized spacial score (nSPS) is 9.96. The highest BCUT2D eigenvalue weighted by molar-refractivity contribution is 5.87. The lowest BCUT2D eigenvalue weighted by molar-refractivity contribution is -0.142. The van der Waals surface area contributed by atoms with Gasteiger partial charge in [-0.3, -0.25) is 4.79 Å². The lowest BCUT2D eigenvalue weighted by Gasteiger charge is -2.13. The van der Waals surface area contributed by atoms with Gasteiger partial charge in [0, 0.05) is 36.5 Å². The number of hydrogen-bond acceptors (Lipinski definition) is 6. The molecule has 6 heteroatoms. The summed E-state index contributed by atoms with van der Waals surface area (Å²) in [4.78, 5) is 34.0. The number of aliphatic hydroxyl groups excluding tert-OH is 1. The first-order valence-corrected chi connectivity index (χ1v) is 6.55. The Morgan fingerprint density at radius 1 is 0.958 bits per heavy atom. The van der Waals surface area contributed by atoms with Gasteiger partial charge in [-0.05, 0) is 13.8 Å². The topological polar surface area (TPSA) is 89.9 Å². The molecule has 24 heavy (non-hydrogen) atoms. The van der Waals surface area contributed by atoms with Crippen LogP contribution in [-0.2, 0) is 23.9 Å². The molecule has 1 N–H and O–H groups in total. The number of ketones is 1. The first-order chi connectivity index (χ1) is 9.77. The molecule has 142 valence electrons. The fourth-order valence-electron chi connectivity index (χ4n) is 1.30. The Hall–Kier alpha value is -1.95. The molecule has 0 aliphatic carbocycles. The predicted octanol–water partition coefficient (Wildman–Crippen LogP) is 3.09. The van der Waals surface area contributed by atoms with Crippen LogP contribution in [0.4, 0.5) is 0 Å². The third-order valence-electron chi connectivity index (χ3n) is 2.54. The first-order valence-electron chi connectivity index (χ1n) is 6.55. The average molecular weight is 346 g/mol. The van der Waals surface area contributed by atoms with Crippen LogP contribution in [0.25, 0.3) is 0 Å². The Labute approximate surface area is 146 Å². The van der Waals surface area contributed by atoms with Gasteiger partial charge in [0.05, 0.1) is 13.2 Å². The highest BCUT2D eigenvalue weighted by atomic mass is 16.5. The van der Waals surface area contributed by atoms with E-state index in [2.05, 4.69) is 13.2 Å². The standard InChI is InChI=1S/C15H22O6.3CH4/c1-10(2)14(18)20-6-5-13(17)7-12(8-16)9-21-15(19)11(3)4;;;/h12,16H,1,3,5-9H2,2,4H3;3*1H4. The first kappa shape index (κ1) is 30.0. The van der Waals surface area contributed by atoms with Gasteiger partial charge in [-0.1, -0.05) is 35.4 Å². The van der Waals surface area contributed by atoms with Gasteiger partial charge in [-0.15, -0.1) is 0 Å². The molecule has 0 saturated heterocycles. The molecular weight excluding hydrogens is 312 g/mol. The maximum atomic E-state index is 11.7. The van der Waals surface area contributed by atoms with Crippen molar-refractivity contribution in [2.75, 3.05) is 19.8 Å². The molecule has 0 aliphatic heterocycles. The minimum absolute atomic E-state index is 0. The van der Waals surface area contributed by atoms with E-state index in [1.54, 1.807) is 0 Å². The van der Waals surface area contributed by atoms with Crippen LogP contribution in [0.2, 0.25) is 0 Å². The van der Waals surface area contributed by atoms with Crippen LogP contribution in [0, 0.1) is 5.92 Å². The zero-order chi connectivity index (χ0) is 16.4. The molecule has 1 atom stereocenters. The number of rotatable bonds is 10. The number of carbonyl (C=O) groups is 3. The molecule has 0 fully saturated rings. The summed E-state index contributed by atoms with van der Waals surface area (Å²) in [6.07, 6.45) is 0.0918. The lowest BCUT2D eigenvalue weighted by Crippen LogP contribution is -2.21. The van der Waals surface area contributed by atoms with E-state index >= 15 is 0 Å².